The largest absolute Gasteiger partial charge is 0.388 e. The third-order valence-corrected chi connectivity index (χ3v) is 4.75. The zero-order valence-corrected chi connectivity index (χ0v) is 14.5. The Labute approximate surface area is 154 Å². The van der Waals surface area contributed by atoms with Crippen molar-refractivity contribution in [1.29, 1.82) is 0 Å². The first kappa shape index (κ1) is 19.4. The van der Waals surface area contributed by atoms with E-state index in [2.05, 4.69) is 15.0 Å². The fourth-order valence-electron chi connectivity index (χ4n) is 3.16. The minimum absolute atomic E-state index is 0.205. The topological polar surface area (TPSA) is 214 Å². The van der Waals surface area contributed by atoms with Gasteiger partial charge < -0.3 is 37.9 Å². The average Bonchev–Trinajstić information content (AvgIpc) is 3.17. The van der Waals surface area contributed by atoms with E-state index in [-0.39, 0.29) is 12.2 Å². The number of ether oxygens (including phenoxy) is 1. The number of primary amides is 1. The van der Waals surface area contributed by atoms with Crippen molar-refractivity contribution in [3.05, 3.63) is 12.7 Å². The fourth-order valence-corrected chi connectivity index (χ4v) is 3.16. The maximum atomic E-state index is 11.0. The van der Waals surface area contributed by atoms with Gasteiger partial charge in [0.15, 0.2) is 17.7 Å². The van der Waals surface area contributed by atoms with E-state index < -0.39 is 42.5 Å². The minimum Gasteiger partial charge on any atom is -0.388 e. The molecule has 3 heterocycles. The highest BCUT2D eigenvalue weighted by molar-refractivity contribution is 5.81. The van der Waals surface area contributed by atoms with E-state index in [1.807, 2.05) is 0 Å². The van der Waals surface area contributed by atoms with Crippen molar-refractivity contribution in [2.24, 2.45) is 17.2 Å². The number of fused-ring (bicyclic) bond motifs is 1. The van der Waals surface area contributed by atoms with Crippen LogP contribution in [0.5, 0.6) is 0 Å². The summed E-state index contributed by atoms with van der Waals surface area (Å²) in [7, 11) is 0. The lowest BCUT2D eigenvalue weighted by atomic mass is 9.98. The number of imidazole rings is 1. The van der Waals surface area contributed by atoms with Crippen LogP contribution in [-0.2, 0) is 9.53 Å². The number of nitrogens with zero attached hydrogens (tertiary/aromatic N) is 4. The molecule has 0 bridgehead atoms. The summed E-state index contributed by atoms with van der Waals surface area (Å²) in [6, 6.07) is -1.16. The van der Waals surface area contributed by atoms with Gasteiger partial charge in [0, 0.05) is 6.04 Å². The third kappa shape index (κ3) is 3.84. The first-order chi connectivity index (χ1) is 12.8. The zero-order chi connectivity index (χ0) is 19.7. The molecule has 6 atom stereocenters. The second-order valence-corrected chi connectivity index (χ2v) is 6.71. The molecule has 0 spiro atoms. The van der Waals surface area contributed by atoms with Gasteiger partial charge in [-0.25, -0.2) is 15.0 Å². The summed E-state index contributed by atoms with van der Waals surface area (Å²) in [6.07, 6.45) is -0.239. The van der Waals surface area contributed by atoms with E-state index in [4.69, 9.17) is 27.7 Å². The first-order valence-electron chi connectivity index (χ1n) is 8.54. The number of carbonyl (C=O) groups excluding carboxylic acids is 1. The maximum absolute atomic E-state index is 11.0. The Morgan fingerprint density at radius 3 is 2.67 bits per heavy atom. The molecule has 1 amide bonds. The summed E-state index contributed by atoms with van der Waals surface area (Å²) in [6.45, 7) is 0. The van der Waals surface area contributed by atoms with E-state index in [9.17, 15) is 15.0 Å². The van der Waals surface area contributed by atoms with Crippen LogP contribution in [0.15, 0.2) is 12.7 Å². The monoisotopic (exact) mass is 380 g/mol. The molecule has 0 aromatic carbocycles. The highest BCUT2D eigenvalue weighted by Gasteiger charge is 2.44. The number of aromatic nitrogens is 4. The van der Waals surface area contributed by atoms with Gasteiger partial charge in [0.25, 0.3) is 0 Å². The first-order valence-corrected chi connectivity index (χ1v) is 8.54. The molecular formula is C15H24N8O4. The van der Waals surface area contributed by atoms with Crippen LogP contribution in [0.3, 0.4) is 0 Å². The van der Waals surface area contributed by atoms with Crippen LogP contribution in [0, 0.1) is 0 Å². The van der Waals surface area contributed by atoms with Crippen molar-refractivity contribution in [2.45, 2.75) is 55.9 Å². The number of rotatable bonds is 7. The number of nitrogen functional groups attached to an aromatic ring is 1. The van der Waals surface area contributed by atoms with Crippen LogP contribution < -0.4 is 22.9 Å². The molecule has 1 saturated heterocycles. The molecule has 0 saturated carbocycles. The highest BCUT2D eigenvalue weighted by Crippen LogP contribution is 2.33. The van der Waals surface area contributed by atoms with Crippen molar-refractivity contribution in [2.75, 3.05) is 5.73 Å². The summed E-state index contributed by atoms with van der Waals surface area (Å²) in [4.78, 5) is 23.1. The Kier molecular flexibility index (Phi) is 5.53. The molecule has 2 aromatic heterocycles. The lowest BCUT2D eigenvalue weighted by Crippen LogP contribution is -2.39. The molecule has 148 valence electrons. The Morgan fingerprint density at radius 2 is 1.96 bits per heavy atom. The zero-order valence-electron chi connectivity index (χ0n) is 14.5. The van der Waals surface area contributed by atoms with Gasteiger partial charge in [-0.1, -0.05) is 0 Å². The summed E-state index contributed by atoms with van der Waals surface area (Å²) in [5.74, 6) is -0.390. The van der Waals surface area contributed by atoms with Gasteiger partial charge in [0.1, 0.15) is 24.1 Å². The van der Waals surface area contributed by atoms with Gasteiger partial charge in [0.05, 0.1) is 18.5 Å². The predicted octanol–water partition coefficient (Wildman–Crippen LogP) is -2.66. The summed E-state index contributed by atoms with van der Waals surface area (Å²) in [5.41, 5.74) is 23.3. The molecule has 0 aliphatic carbocycles. The van der Waals surface area contributed by atoms with E-state index in [1.54, 1.807) is 0 Å². The van der Waals surface area contributed by atoms with Crippen LogP contribution in [-0.4, -0.2) is 66.0 Å². The molecule has 10 N–H and O–H groups in total. The third-order valence-electron chi connectivity index (χ3n) is 4.75. The molecule has 0 radical (unpaired) electrons. The molecule has 1 aliphatic heterocycles. The number of hydrogen-bond acceptors (Lipinski definition) is 10. The molecular weight excluding hydrogens is 356 g/mol. The lowest BCUT2D eigenvalue weighted by molar-refractivity contribution is -0.119. The molecule has 2 aromatic rings. The highest BCUT2D eigenvalue weighted by atomic mass is 16.6. The molecule has 12 nitrogen and oxygen atoms in total. The Hall–Kier alpha value is -2.38. The molecule has 12 heteroatoms. The Morgan fingerprint density at radius 1 is 1.22 bits per heavy atom. The molecule has 3 rings (SSSR count). The molecule has 27 heavy (non-hydrogen) atoms. The van der Waals surface area contributed by atoms with Crippen molar-refractivity contribution >= 4 is 22.9 Å². The normalized spacial score (nSPS) is 27.7. The van der Waals surface area contributed by atoms with Gasteiger partial charge in [0.2, 0.25) is 5.91 Å². The van der Waals surface area contributed by atoms with Crippen LogP contribution in [0.25, 0.3) is 11.2 Å². The quantitative estimate of drug-likeness (QED) is 0.293. The second-order valence-electron chi connectivity index (χ2n) is 6.71. The van der Waals surface area contributed by atoms with Gasteiger partial charge in [-0.3, -0.25) is 9.36 Å². The second kappa shape index (κ2) is 7.70. The standard InChI is InChI=1S/C15H24N8O4/c16-6(1-2-7(17)13(19)26)3-8-10(24)11(25)15(27-8)23-5-22-9-12(18)20-4-21-14(9)23/h4-8,10-11,15,24-25H,1-3,16-17H2,(H2,19,26)(H2,18,20,21)/t6-,7-,8+,10-,11?,15+/m0/s1. The van der Waals surface area contributed by atoms with Crippen molar-refractivity contribution in [3.63, 3.8) is 0 Å². The number of hydrogen-bond donors (Lipinski definition) is 6. The number of aliphatic hydroxyl groups is 2. The van der Waals surface area contributed by atoms with Crippen LogP contribution >= 0.6 is 0 Å². The summed E-state index contributed by atoms with van der Waals surface area (Å²) in [5, 5.41) is 20.8. The average molecular weight is 380 g/mol. The lowest BCUT2D eigenvalue weighted by Gasteiger charge is -2.20. The molecule has 1 aliphatic rings. The summed E-state index contributed by atoms with van der Waals surface area (Å²) < 4.78 is 7.32. The van der Waals surface area contributed by atoms with Gasteiger partial charge in [-0.05, 0) is 19.3 Å². The van der Waals surface area contributed by atoms with E-state index in [0.717, 1.165) is 0 Å². The van der Waals surface area contributed by atoms with Gasteiger partial charge >= 0.3 is 0 Å². The van der Waals surface area contributed by atoms with Crippen molar-refractivity contribution in [1.82, 2.24) is 19.5 Å². The van der Waals surface area contributed by atoms with E-state index in [1.165, 1.54) is 17.2 Å². The van der Waals surface area contributed by atoms with E-state index >= 15 is 0 Å². The van der Waals surface area contributed by atoms with E-state index in [0.29, 0.717) is 24.0 Å². The fraction of sp³-hybridized carbons (Fsp3) is 0.600. The maximum Gasteiger partial charge on any atom is 0.234 e. The minimum atomic E-state index is -1.20. The Balaban J connectivity index is 1.68. The number of carbonyl (C=O) groups is 1. The van der Waals surface area contributed by atoms with Gasteiger partial charge in [-0.15, -0.1) is 0 Å². The molecule has 1 fully saturated rings. The smallest absolute Gasteiger partial charge is 0.234 e. The van der Waals surface area contributed by atoms with Crippen molar-refractivity contribution < 1.29 is 19.7 Å². The van der Waals surface area contributed by atoms with Crippen LogP contribution in [0.4, 0.5) is 5.82 Å². The number of amides is 1. The van der Waals surface area contributed by atoms with Crippen molar-refractivity contribution in [3.8, 4) is 0 Å². The number of aliphatic hydroxyl groups excluding tert-OH is 2. The SMILES string of the molecule is NC(=O)[C@@H](N)CC[C@H](N)C[C@H]1O[C@@H](n2cnc3c(N)ncnc32)C(O)[C@H]1O. The number of nitrogens with two attached hydrogens (primary N) is 4. The number of anilines is 1. The van der Waals surface area contributed by atoms with Gasteiger partial charge in [-0.2, -0.15) is 0 Å². The van der Waals surface area contributed by atoms with Crippen LogP contribution in [0.2, 0.25) is 0 Å². The predicted molar refractivity (Wildman–Crippen MR) is 94.7 cm³/mol. The summed E-state index contributed by atoms with van der Waals surface area (Å²) >= 11 is 0. The van der Waals surface area contributed by atoms with Crippen LogP contribution in [0.1, 0.15) is 25.5 Å². The Bertz CT molecular complexity index is 814. The molecule has 1 unspecified atom stereocenters.